The first kappa shape index (κ1) is 17.7. The normalized spacial score (nSPS) is 14.2. The van der Waals surface area contributed by atoms with E-state index in [9.17, 15) is 4.79 Å². The number of nitrogens with zero attached hydrogens (tertiary/aromatic N) is 3. The summed E-state index contributed by atoms with van der Waals surface area (Å²) in [5.41, 5.74) is 4.32. The van der Waals surface area contributed by atoms with Crippen molar-refractivity contribution in [1.82, 2.24) is 19.9 Å². The Morgan fingerprint density at radius 3 is 2.81 bits per heavy atom. The fraction of sp³-hybridized carbons (Fsp3) is 0.286. The number of benzene rings is 1. The van der Waals surface area contributed by atoms with Gasteiger partial charge in [0, 0.05) is 23.3 Å². The smallest absolute Gasteiger partial charge is 0.256 e. The van der Waals surface area contributed by atoms with Crippen LogP contribution in [0.4, 0.5) is 0 Å². The predicted molar refractivity (Wildman–Crippen MR) is 107 cm³/mol. The molecule has 0 aliphatic heterocycles. The van der Waals surface area contributed by atoms with Gasteiger partial charge in [0.25, 0.3) is 5.91 Å². The number of fused-ring (bicyclic) bond motifs is 1. The molecule has 2 heterocycles. The van der Waals surface area contributed by atoms with Crippen LogP contribution in [0.2, 0.25) is 5.02 Å². The molecule has 0 unspecified atom stereocenters. The van der Waals surface area contributed by atoms with Crippen LogP contribution in [0.15, 0.2) is 54.4 Å². The van der Waals surface area contributed by atoms with Gasteiger partial charge >= 0.3 is 0 Å². The standard InChI is InChI=1S/C21H21ClN4O/c22-17-8-6-16(7-9-17)19-11-13-23-20-18(14-25-26(19)20)21(27)24-12-10-15-4-2-1-3-5-15/h4,6-9,11,13-14H,1-3,5,10,12H2,(H,24,27). The van der Waals surface area contributed by atoms with E-state index in [1.165, 1.54) is 18.4 Å². The molecule has 0 fully saturated rings. The minimum atomic E-state index is -0.137. The molecule has 3 aromatic rings. The molecule has 5 nitrogen and oxygen atoms in total. The number of halogens is 1. The molecule has 138 valence electrons. The highest BCUT2D eigenvalue weighted by Crippen LogP contribution is 2.23. The van der Waals surface area contributed by atoms with Gasteiger partial charge in [0.1, 0.15) is 5.56 Å². The van der Waals surface area contributed by atoms with Gasteiger partial charge in [0.15, 0.2) is 5.65 Å². The second-order valence-corrected chi connectivity index (χ2v) is 7.18. The molecule has 1 amide bonds. The summed E-state index contributed by atoms with van der Waals surface area (Å²) in [6, 6.07) is 9.40. The molecule has 0 atom stereocenters. The Bertz CT molecular complexity index is 991. The number of allylic oxidation sites excluding steroid dienone is 1. The fourth-order valence-corrected chi connectivity index (χ4v) is 3.58. The number of rotatable bonds is 5. The third kappa shape index (κ3) is 3.88. The molecule has 4 rings (SSSR count). The van der Waals surface area contributed by atoms with Crippen molar-refractivity contribution < 1.29 is 4.79 Å². The van der Waals surface area contributed by atoms with Crippen molar-refractivity contribution in [2.45, 2.75) is 32.1 Å². The zero-order valence-electron chi connectivity index (χ0n) is 15.0. The lowest BCUT2D eigenvalue weighted by atomic mass is 9.97. The largest absolute Gasteiger partial charge is 0.352 e. The summed E-state index contributed by atoms with van der Waals surface area (Å²) in [5, 5.41) is 8.06. The monoisotopic (exact) mass is 380 g/mol. The van der Waals surface area contributed by atoms with E-state index in [-0.39, 0.29) is 5.91 Å². The first-order valence-corrected chi connectivity index (χ1v) is 9.65. The van der Waals surface area contributed by atoms with E-state index in [0.29, 0.717) is 22.8 Å². The molecule has 0 saturated heterocycles. The van der Waals surface area contributed by atoms with Crippen LogP contribution in [0.25, 0.3) is 16.9 Å². The maximum Gasteiger partial charge on any atom is 0.256 e. The van der Waals surface area contributed by atoms with Crippen molar-refractivity contribution >= 4 is 23.2 Å². The zero-order valence-corrected chi connectivity index (χ0v) is 15.7. The Kier molecular flexibility index (Phi) is 5.21. The van der Waals surface area contributed by atoms with Crippen LogP contribution in [-0.2, 0) is 0 Å². The van der Waals surface area contributed by atoms with Gasteiger partial charge in [-0.2, -0.15) is 5.10 Å². The molecule has 6 heteroatoms. The lowest BCUT2D eigenvalue weighted by molar-refractivity contribution is 0.0955. The Hall–Kier alpha value is -2.66. The Morgan fingerprint density at radius 1 is 1.19 bits per heavy atom. The van der Waals surface area contributed by atoms with Gasteiger partial charge in [-0.05, 0) is 50.3 Å². The quantitative estimate of drug-likeness (QED) is 0.654. The van der Waals surface area contributed by atoms with E-state index >= 15 is 0 Å². The number of aromatic nitrogens is 3. The van der Waals surface area contributed by atoms with Gasteiger partial charge in [0.05, 0.1) is 11.9 Å². The van der Waals surface area contributed by atoms with Crippen molar-refractivity contribution in [3.8, 4) is 11.3 Å². The molecule has 0 saturated carbocycles. The van der Waals surface area contributed by atoms with E-state index in [1.807, 2.05) is 30.3 Å². The number of nitrogens with one attached hydrogen (secondary N) is 1. The second-order valence-electron chi connectivity index (χ2n) is 6.74. The highest BCUT2D eigenvalue weighted by molar-refractivity contribution is 6.30. The summed E-state index contributed by atoms with van der Waals surface area (Å²) in [4.78, 5) is 17.0. The van der Waals surface area contributed by atoms with Gasteiger partial charge in [-0.25, -0.2) is 9.50 Å². The molecule has 1 aliphatic rings. The molecular formula is C21H21ClN4O. The highest BCUT2D eigenvalue weighted by atomic mass is 35.5. The maximum atomic E-state index is 12.6. The lowest BCUT2D eigenvalue weighted by Gasteiger charge is -2.12. The summed E-state index contributed by atoms with van der Waals surface area (Å²) in [6.07, 6.45) is 11.3. The minimum absolute atomic E-state index is 0.137. The molecule has 0 bridgehead atoms. The zero-order chi connectivity index (χ0) is 18.6. The molecule has 1 N–H and O–H groups in total. The van der Waals surface area contributed by atoms with Crippen LogP contribution in [0.3, 0.4) is 0 Å². The van der Waals surface area contributed by atoms with Crippen molar-refractivity contribution in [3.63, 3.8) is 0 Å². The third-order valence-corrected chi connectivity index (χ3v) is 5.15. The van der Waals surface area contributed by atoms with Crippen LogP contribution in [0.5, 0.6) is 0 Å². The summed E-state index contributed by atoms with van der Waals surface area (Å²) < 4.78 is 1.70. The average Bonchev–Trinajstić information content (AvgIpc) is 3.14. The van der Waals surface area contributed by atoms with Crippen LogP contribution in [0, 0.1) is 0 Å². The number of hydrogen-bond donors (Lipinski definition) is 1. The van der Waals surface area contributed by atoms with Crippen molar-refractivity contribution in [1.29, 1.82) is 0 Å². The van der Waals surface area contributed by atoms with Gasteiger partial charge in [0.2, 0.25) is 0 Å². The van der Waals surface area contributed by atoms with E-state index in [4.69, 9.17) is 11.6 Å². The number of amides is 1. The number of carbonyl (C=O) groups excluding carboxylic acids is 1. The van der Waals surface area contributed by atoms with Crippen LogP contribution >= 0.6 is 11.6 Å². The van der Waals surface area contributed by atoms with E-state index < -0.39 is 0 Å². The van der Waals surface area contributed by atoms with Crippen LogP contribution in [0.1, 0.15) is 42.5 Å². The first-order chi connectivity index (χ1) is 13.2. The van der Waals surface area contributed by atoms with Crippen LogP contribution < -0.4 is 5.32 Å². The SMILES string of the molecule is O=C(NCCC1=CCCCC1)c1cnn2c(-c3ccc(Cl)cc3)ccnc12. The predicted octanol–water partition coefficient (Wildman–Crippen LogP) is 4.67. The number of carbonyl (C=O) groups is 1. The van der Waals surface area contributed by atoms with E-state index in [0.717, 1.165) is 30.5 Å². The van der Waals surface area contributed by atoms with Gasteiger partial charge in [-0.15, -0.1) is 0 Å². The highest BCUT2D eigenvalue weighted by Gasteiger charge is 2.16. The summed E-state index contributed by atoms with van der Waals surface area (Å²) in [5.74, 6) is -0.137. The first-order valence-electron chi connectivity index (χ1n) is 9.27. The van der Waals surface area contributed by atoms with Crippen molar-refractivity contribution in [2.24, 2.45) is 0 Å². The Morgan fingerprint density at radius 2 is 2.04 bits per heavy atom. The average molecular weight is 381 g/mol. The van der Waals surface area contributed by atoms with Crippen molar-refractivity contribution in [3.05, 3.63) is 65.0 Å². The molecule has 1 aliphatic carbocycles. The Labute approximate surface area is 163 Å². The van der Waals surface area contributed by atoms with Gasteiger partial charge in [-0.1, -0.05) is 35.4 Å². The molecule has 0 radical (unpaired) electrons. The summed E-state index contributed by atoms with van der Waals surface area (Å²) >= 11 is 5.98. The Balaban J connectivity index is 1.52. The minimum Gasteiger partial charge on any atom is -0.352 e. The lowest BCUT2D eigenvalue weighted by Crippen LogP contribution is -2.25. The summed E-state index contributed by atoms with van der Waals surface area (Å²) in [7, 11) is 0. The molecule has 1 aromatic carbocycles. The summed E-state index contributed by atoms with van der Waals surface area (Å²) in [6.45, 7) is 0.638. The van der Waals surface area contributed by atoms with Crippen LogP contribution in [-0.4, -0.2) is 27.0 Å². The van der Waals surface area contributed by atoms with Crippen molar-refractivity contribution in [2.75, 3.05) is 6.54 Å². The van der Waals surface area contributed by atoms with Gasteiger partial charge < -0.3 is 5.32 Å². The topological polar surface area (TPSA) is 59.3 Å². The molecular weight excluding hydrogens is 360 g/mol. The maximum absolute atomic E-state index is 12.6. The van der Waals surface area contributed by atoms with E-state index in [2.05, 4.69) is 21.5 Å². The van der Waals surface area contributed by atoms with Gasteiger partial charge in [-0.3, -0.25) is 4.79 Å². The third-order valence-electron chi connectivity index (χ3n) is 4.90. The fourth-order valence-electron chi connectivity index (χ4n) is 3.45. The molecule has 2 aromatic heterocycles. The second kappa shape index (κ2) is 7.92. The molecule has 27 heavy (non-hydrogen) atoms. The van der Waals surface area contributed by atoms with E-state index in [1.54, 1.807) is 16.9 Å². The number of hydrogen-bond acceptors (Lipinski definition) is 3. The molecule has 0 spiro atoms.